The molecule has 1 saturated carbocycles. The van der Waals surface area contributed by atoms with E-state index in [4.69, 9.17) is 4.74 Å². The second-order valence-corrected chi connectivity index (χ2v) is 4.52. The van der Waals surface area contributed by atoms with Gasteiger partial charge < -0.3 is 9.47 Å². The summed E-state index contributed by atoms with van der Waals surface area (Å²) in [6, 6.07) is 0. The molecule has 1 aliphatic carbocycles. The Labute approximate surface area is 112 Å². The highest BCUT2D eigenvalue weighted by Gasteiger charge is 2.25. The van der Waals surface area contributed by atoms with E-state index in [-0.39, 0.29) is 24.2 Å². The smallest absolute Gasteiger partial charge is 0.314 e. The fourth-order valence-corrected chi connectivity index (χ4v) is 2.07. The van der Waals surface area contributed by atoms with E-state index in [1.54, 1.807) is 0 Å². The monoisotopic (exact) mass is 266 g/mol. The first-order valence-electron chi connectivity index (χ1n) is 6.25. The fourth-order valence-electron chi connectivity index (χ4n) is 2.07. The molecular formula is C14H18O5. The Morgan fingerprint density at radius 1 is 1.05 bits per heavy atom. The second kappa shape index (κ2) is 7.57. The highest BCUT2D eigenvalue weighted by atomic mass is 16.5. The van der Waals surface area contributed by atoms with Crippen molar-refractivity contribution in [1.29, 1.82) is 0 Å². The van der Waals surface area contributed by atoms with Gasteiger partial charge in [-0.3, -0.25) is 14.4 Å². The molecule has 5 nitrogen and oxygen atoms in total. The van der Waals surface area contributed by atoms with Gasteiger partial charge in [-0.05, 0) is 31.6 Å². The quantitative estimate of drug-likeness (QED) is 0.331. The van der Waals surface area contributed by atoms with Gasteiger partial charge in [0, 0.05) is 5.92 Å². The molecule has 0 radical (unpaired) electrons. The third-order valence-corrected chi connectivity index (χ3v) is 3.21. The Hall–Kier alpha value is -1.83. The van der Waals surface area contributed by atoms with Crippen LogP contribution in [0.25, 0.3) is 0 Å². The van der Waals surface area contributed by atoms with Gasteiger partial charge in [0.25, 0.3) is 0 Å². The van der Waals surface area contributed by atoms with Crippen molar-refractivity contribution in [3.8, 4) is 11.8 Å². The molecule has 1 aliphatic rings. The van der Waals surface area contributed by atoms with E-state index in [0.29, 0.717) is 0 Å². The molecule has 1 fully saturated rings. The van der Waals surface area contributed by atoms with Crippen molar-refractivity contribution in [3.05, 3.63) is 0 Å². The van der Waals surface area contributed by atoms with Gasteiger partial charge in [0.05, 0.1) is 20.1 Å². The molecule has 0 amide bonds. The standard InChI is InChI=1S/C14H18O5/c1-18-13(16)9-12(15)8-5-10-3-6-11(7-4-10)14(17)19-2/h10-11H,3-4,6-7,9H2,1-2H3. The van der Waals surface area contributed by atoms with Crippen molar-refractivity contribution in [1.82, 2.24) is 0 Å². The van der Waals surface area contributed by atoms with E-state index in [9.17, 15) is 14.4 Å². The summed E-state index contributed by atoms with van der Waals surface area (Å²) in [6.45, 7) is 0. The first-order valence-corrected chi connectivity index (χ1v) is 6.25. The van der Waals surface area contributed by atoms with E-state index in [2.05, 4.69) is 16.6 Å². The molecule has 0 aromatic carbocycles. The number of ketones is 1. The lowest BCUT2D eigenvalue weighted by Crippen LogP contribution is -2.22. The van der Waals surface area contributed by atoms with Crippen LogP contribution in [-0.4, -0.2) is 31.9 Å². The Balaban J connectivity index is 2.39. The molecule has 0 aromatic heterocycles. The average molecular weight is 266 g/mol. The number of Topliss-reactive ketones (excluding diaryl/α,β-unsaturated/α-hetero) is 1. The maximum Gasteiger partial charge on any atom is 0.314 e. The Morgan fingerprint density at radius 3 is 2.21 bits per heavy atom. The lowest BCUT2D eigenvalue weighted by Gasteiger charge is -2.23. The lowest BCUT2D eigenvalue weighted by molar-refractivity contribution is -0.147. The first kappa shape index (κ1) is 15.2. The van der Waals surface area contributed by atoms with Crippen molar-refractivity contribution in [3.63, 3.8) is 0 Å². The average Bonchev–Trinajstić information content (AvgIpc) is 2.44. The maximum atomic E-state index is 11.3. The number of hydrogen-bond acceptors (Lipinski definition) is 5. The van der Waals surface area contributed by atoms with Crippen molar-refractivity contribution >= 4 is 17.7 Å². The molecule has 0 saturated heterocycles. The summed E-state index contributed by atoms with van der Waals surface area (Å²) < 4.78 is 9.09. The van der Waals surface area contributed by atoms with Crippen molar-refractivity contribution < 1.29 is 23.9 Å². The van der Waals surface area contributed by atoms with Crippen LogP contribution in [0, 0.1) is 23.7 Å². The molecule has 0 N–H and O–H groups in total. The number of rotatable bonds is 3. The fraction of sp³-hybridized carbons (Fsp3) is 0.643. The Bertz CT molecular complexity index is 407. The predicted molar refractivity (Wildman–Crippen MR) is 66.9 cm³/mol. The van der Waals surface area contributed by atoms with Crippen molar-refractivity contribution in [2.24, 2.45) is 11.8 Å². The molecule has 19 heavy (non-hydrogen) atoms. The van der Waals surface area contributed by atoms with Gasteiger partial charge in [0.2, 0.25) is 5.78 Å². The molecule has 0 spiro atoms. The minimum Gasteiger partial charge on any atom is -0.469 e. The summed E-state index contributed by atoms with van der Waals surface area (Å²) in [7, 11) is 2.62. The van der Waals surface area contributed by atoms with Crippen LogP contribution in [0.3, 0.4) is 0 Å². The van der Waals surface area contributed by atoms with Crippen LogP contribution in [0.1, 0.15) is 32.1 Å². The molecular weight excluding hydrogens is 248 g/mol. The SMILES string of the molecule is COC(=O)CC(=O)C#CC1CCC(C(=O)OC)CC1. The largest absolute Gasteiger partial charge is 0.469 e. The number of esters is 2. The Morgan fingerprint density at radius 2 is 1.68 bits per heavy atom. The molecule has 0 bridgehead atoms. The van der Waals surface area contributed by atoms with Crippen LogP contribution in [0.2, 0.25) is 0 Å². The van der Waals surface area contributed by atoms with Crippen LogP contribution in [0.4, 0.5) is 0 Å². The zero-order valence-corrected chi connectivity index (χ0v) is 11.2. The summed E-state index contributed by atoms with van der Waals surface area (Å²) >= 11 is 0. The van der Waals surface area contributed by atoms with E-state index in [1.807, 2.05) is 0 Å². The zero-order valence-electron chi connectivity index (χ0n) is 11.2. The van der Waals surface area contributed by atoms with Crippen LogP contribution in [-0.2, 0) is 23.9 Å². The molecule has 0 atom stereocenters. The minimum atomic E-state index is -0.575. The minimum absolute atomic E-state index is 0.0474. The lowest BCUT2D eigenvalue weighted by atomic mass is 9.82. The maximum absolute atomic E-state index is 11.3. The highest BCUT2D eigenvalue weighted by Crippen LogP contribution is 2.28. The van der Waals surface area contributed by atoms with E-state index < -0.39 is 11.8 Å². The molecule has 0 unspecified atom stereocenters. The molecule has 104 valence electrons. The van der Waals surface area contributed by atoms with Crippen LogP contribution in [0.5, 0.6) is 0 Å². The van der Waals surface area contributed by atoms with Gasteiger partial charge in [0.15, 0.2) is 0 Å². The van der Waals surface area contributed by atoms with E-state index >= 15 is 0 Å². The number of carbonyl (C=O) groups is 3. The van der Waals surface area contributed by atoms with Gasteiger partial charge in [-0.25, -0.2) is 0 Å². The molecule has 0 heterocycles. The molecule has 0 aliphatic heterocycles. The number of hydrogen-bond donors (Lipinski definition) is 0. The third-order valence-electron chi connectivity index (χ3n) is 3.21. The zero-order chi connectivity index (χ0) is 14.3. The third kappa shape index (κ3) is 5.12. The second-order valence-electron chi connectivity index (χ2n) is 4.52. The number of carbonyl (C=O) groups excluding carboxylic acids is 3. The van der Waals surface area contributed by atoms with E-state index in [1.165, 1.54) is 14.2 Å². The van der Waals surface area contributed by atoms with Gasteiger partial charge in [-0.2, -0.15) is 0 Å². The summed E-state index contributed by atoms with van der Waals surface area (Å²) in [5.74, 6) is 4.23. The Kier molecular flexibility index (Phi) is 6.07. The normalized spacial score (nSPS) is 21.8. The summed E-state index contributed by atoms with van der Waals surface area (Å²) in [4.78, 5) is 33.5. The van der Waals surface area contributed by atoms with Crippen LogP contribution < -0.4 is 0 Å². The van der Waals surface area contributed by atoms with Gasteiger partial charge in [-0.15, -0.1) is 0 Å². The molecule has 0 aromatic rings. The van der Waals surface area contributed by atoms with Crippen molar-refractivity contribution in [2.75, 3.05) is 14.2 Å². The summed E-state index contributed by atoms with van der Waals surface area (Å²) in [6.07, 6.45) is 2.71. The predicted octanol–water partition coefficient (Wildman–Crippen LogP) is 1.10. The topological polar surface area (TPSA) is 69.7 Å². The van der Waals surface area contributed by atoms with Gasteiger partial charge in [0.1, 0.15) is 6.42 Å². The summed E-state index contributed by atoms with van der Waals surface area (Å²) in [5.41, 5.74) is 0. The van der Waals surface area contributed by atoms with Crippen LogP contribution >= 0.6 is 0 Å². The van der Waals surface area contributed by atoms with Crippen molar-refractivity contribution in [2.45, 2.75) is 32.1 Å². The molecule has 1 rings (SSSR count). The number of methoxy groups -OCH3 is 2. The first-order chi connectivity index (χ1) is 9.06. The van der Waals surface area contributed by atoms with Crippen LogP contribution in [0.15, 0.2) is 0 Å². The number of ether oxygens (including phenoxy) is 2. The highest BCUT2D eigenvalue weighted by molar-refractivity contribution is 6.05. The summed E-state index contributed by atoms with van der Waals surface area (Å²) in [5, 5.41) is 0. The van der Waals surface area contributed by atoms with E-state index in [0.717, 1.165) is 25.7 Å². The molecule has 5 heteroatoms. The van der Waals surface area contributed by atoms with Gasteiger partial charge >= 0.3 is 11.9 Å². The van der Waals surface area contributed by atoms with Gasteiger partial charge in [-0.1, -0.05) is 5.92 Å².